The van der Waals surface area contributed by atoms with Gasteiger partial charge < -0.3 is 19.8 Å². The molecule has 4 rings (SSSR count). The van der Waals surface area contributed by atoms with E-state index in [9.17, 15) is 14.7 Å². The Kier molecular flexibility index (Phi) is 7.66. The topological polar surface area (TPSA) is 109 Å². The molecule has 1 aliphatic rings. The molecule has 1 saturated heterocycles. The number of benzene rings is 1. The summed E-state index contributed by atoms with van der Waals surface area (Å²) in [5, 5.41) is 17.3. The van der Waals surface area contributed by atoms with E-state index in [1.54, 1.807) is 11.3 Å². The van der Waals surface area contributed by atoms with Gasteiger partial charge in [0.1, 0.15) is 17.7 Å². The molecule has 8 nitrogen and oxygen atoms in total. The Morgan fingerprint density at radius 2 is 2.03 bits per heavy atom. The molecule has 0 aliphatic carbocycles. The number of hydrogen-bond acceptors (Lipinski definition) is 7. The number of likely N-dealkylation sites (tertiary alicyclic amines) is 1. The van der Waals surface area contributed by atoms with Crippen LogP contribution in [0.25, 0.3) is 10.4 Å². The summed E-state index contributed by atoms with van der Waals surface area (Å²) >= 11 is 1.60. The number of aliphatic hydroxyl groups excluding tert-OH is 1. The highest BCUT2D eigenvalue weighted by atomic mass is 32.1. The first kappa shape index (κ1) is 25.1. The van der Waals surface area contributed by atoms with Gasteiger partial charge in [-0.15, -0.1) is 11.3 Å². The third-order valence-electron chi connectivity index (χ3n) is 6.47. The van der Waals surface area contributed by atoms with E-state index in [-0.39, 0.29) is 30.7 Å². The highest BCUT2D eigenvalue weighted by Crippen LogP contribution is 2.31. The molecule has 1 aliphatic heterocycles. The lowest BCUT2D eigenvalue weighted by molar-refractivity contribution is -0.141. The van der Waals surface area contributed by atoms with Crippen molar-refractivity contribution in [2.45, 2.75) is 65.1 Å². The fraction of sp³-hybridized carbons (Fsp3) is 0.462. The van der Waals surface area contributed by atoms with Crippen LogP contribution in [0.3, 0.4) is 0 Å². The molecule has 0 spiro atoms. The molecule has 2 amide bonds. The SMILES string of the molecule is CCc1cc(C(C(=O)N2C[C@H](O)C[C@H]2C(=O)NCc2ccc(-c3scnc3C)cc2)C(C)C)on1. The Labute approximate surface area is 209 Å². The summed E-state index contributed by atoms with van der Waals surface area (Å²) in [4.78, 5) is 33.6. The largest absolute Gasteiger partial charge is 0.391 e. The molecule has 9 heteroatoms. The summed E-state index contributed by atoms with van der Waals surface area (Å²) in [5.41, 5.74) is 5.66. The summed E-state index contributed by atoms with van der Waals surface area (Å²) < 4.78 is 5.47. The van der Waals surface area contributed by atoms with Gasteiger partial charge in [-0.25, -0.2) is 4.98 Å². The number of carbonyl (C=O) groups excluding carboxylic acids is 2. The monoisotopic (exact) mass is 496 g/mol. The van der Waals surface area contributed by atoms with Crippen molar-refractivity contribution in [2.24, 2.45) is 5.92 Å². The van der Waals surface area contributed by atoms with Crippen LogP contribution in [0.5, 0.6) is 0 Å². The Bertz CT molecular complexity index is 1170. The highest BCUT2D eigenvalue weighted by molar-refractivity contribution is 7.13. The highest BCUT2D eigenvalue weighted by Gasteiger charge is 2.43. The number of nitrogens with one attached hydrogen (secondary N) is 1. The average Bonchev–Trinajstić information content (AvgIpc) is 3.57. The molecule has 3 heterocycles. The van der Waals surface area contributed by atoms with Crippen molar-refractivity contribution in [1.29, 1.82) is 0 Å². The molecule has 0 radical (unpaired) electrons. The summed E-state index contributed by atoms with van der Waals surface area (Å²) in [6.45, 7) is 8.30. The van der Waals surface area contributed by atoms with Crippen molar-refractivity contribution in [3.63, 3.8) is 0 Å². The average molecular weight is 497 g/mol. The fourth-order valence-electron chi connectivity index (χ4n) is 4.52. The number of hydrogen-bond donors (Lipinski definition) is 2. The number of β-amino-alcohol motifs (C(OH)–C–C–N with tert-alkyl or cyclic N) is 1. The number of nitrogens with zero attached hydrogens (tertiary/aromatic N) is 3. The zero-order chi connectivity index (χ0) is 25.1. The minimum atomic E-state index is -0.745. The second-order valence-corrected chi connectivity index (χ2v) is 10.2. The molecule has 1 unspecified atom stereocenters. The van der Waals surface area contributed by atoms with Crippen molar-refractivity contribution in [3.8, 4) is 10.4 Å². The van der Waals surface area contributed by atoms with E-state index < -0.39 is 18.1 Å². The summed E-state index contributed by atoms with van der Waals surface area (Å²) in [6.07, 6.45) is 0.175. The van der Waals surface area contributed by atoms with Gasteiger partial charge in [-0.05, 0) is 30.4 Å². The number of amides is 2. The van der Waals surface area contributed by atoms with Gasteiger partial charge in [-0.3, -0.25) is 9.59 Å². The van der Waals surface area contributed by atoms with E-state index in [1.165, 1.54) is 4.90 Å². The molecule has 0 saturated carbocycles. The van der Waals surface area contributed by atoms with Crippen LogP contribution in [0.1, 0.15) is 55.8 Å². The quantitative estimate of drug-likeness (QED) is 0.492. The van der Waals surface area contributed by atoms with Gasteiger partial charge in [0.15, 0.2) is 0 Å². The number of aryl methyl sites for hydroxylation is 2. The van der Waals surface area contributed by atoms with Crippen LogP contribution in [0, 0.1) is 12.8 Å². The first-order valence-corrected chi connectivity index (χ1v) is 12.9. The predicted octanol–water partition coefficient (Wildman–Crippen LogP) is 3.69. The Morgan fingerprint density at radius 3 is 2.63 bits per heavy atom. The molecule has 35 heavy (non-hydrogen) atoms. The lowest BCUT2D eigenvalue weighted by atomic mass is 9.91. The number of carbonyl (C=O) groups is 2. The second-order valence-electron chi connectivity index (χ2n) is 9.37. The fourth-order valence-corrected chi connectivity index (χ4v) is 5.33. The van der Waals surface area contributed by atoms with Gasteiger partial charge in [-0.2, -0.15) is 0 Å². The molecular weight excluding hydrogens is 464 g/mol. The van der Waals surface area contributed by atoms with Crippen LogP contribution >= 0.6 is 11.3 Å². The molecule has 2 N–H and O–H groups in total. The lowest BCUT2D eigenvalue weighted by Gasteiger charge is -2.28. The molecule has 1 aromatic carbocycles. The zero-order valence-electron chi connectivity index (χ0n) is 20.5. The number of rotatable bonds is 8. The summed E-state index contributed by atoms with van der Waals surface area (Å²) in [7, 11) is 0. The Hall–Kier alpha value is -3.04. The van der Waals surface area contributed by atoms with Crippen LogP contribution in [0.4, 0.5) is 0 Å². The van der Waals surface area contributed by atoms with E-state index in [4.69, 9.17) is 4.52 Å². The maximum atomic E-state index is 13.5. The molecule has 186 valence electrons. The van der Waals surface area contributed by atoms with E-state index in [0.717, 1.165) is 27.4 Å². The molecular formula is C26H32N4O4S. The zero-order valence-corrected chi connectivity index (χ0v) is 21.3. The van der Waals surface area contributed by atoms with Crippen LogP contribution in [-0.4, -0.2) is 50.7 Å². The third-order valence-corrected chi connectivity index (χ3v) is 7.45. The number of aliphatic hydroxyl groups is 1. The molecule has 2 aromatic heterocycles. The van der Waals surface area contributed by atoms with Gasteiger partial charge in [0.05, 0.1) is 27.9 Å². The first-order valence-electron chi connectivity index (χ1n) is 12.0. The van der Waals surface area contributed by atoms with Crippen molar-refractivity contribution in [1.82, 2.24) is 20.4 Å². The smallest absolute Gasteiger partial charge is 0.243 e. The van der Waals surface area contributed by atoms with Crippen LogP contribution < -0.4 is 5.32 Å². The second kappa shape index (κ2) is 10.7. The standard InChI is InChI=1S/C26H32N4O4S/c1-5-19-10-22(34-29-19)23(15(2)3)26(33)30-13-20(31)11-21(30)25(32)27-12-17-6-8-18(9-7-17)24-16(4)28-14-35-24/h6-10,14-15,20-21,23,31H,5,11-13H2,1-4H3,(H,27,32)/t20-,21+,23?/m1/s1. The lowest BCUT2D eigenvalue weighted by Crippen LogP contribution is -2.48. The normalized spacial score (nSPS) is 18.7. The summed E-state index contributed by atoms with van der Waals surface area (Å²) in [6, 6.07) is 9.07. The van der Waals surface area contributed by atoms with Crippen molar-refractivity contribution in [2.75, 3.05) is 6.54 Å². The van der Waals surface area contributed by atoms with Crippen LogP contribution in [0.15, 0.2) is 40.4 Å². The number of thiazole rings is 1. The third kappa shape index (κ3) is 5.46. The molecule has 3 atom stereocenters. The van der Waals surface area contributed by atoms with E-state index >= 15 is 0 Å². The Balaban J connectivity index is 1.43. The van der Waals surface area contributed by atoms with Gasteiger partial charge in [0.2, 0.25) is 11.8 Å². The number of aromatic nitrogens is 2. The minimum absolute atomic E-state index is 0.0534. The van der Waals surface area contributed by atoms with Crippen molar-refractivity contribution in [3.05, 3.63) is 58.6 Å². The predicted molar refractivity (Wildman–Crippen MR) is 134 cm³/mol. The molecule has 0 bridgehead atoms. The molecule has 3 aromatic rings. The van der Waals surface area contributed by atoms with E-state index in [2.05, 4.69) is 15.5 Å². The summed E-state index contributed by atoms with van der Waals surface area (Å²) in [5.74, 6) is -0.613. The van der Waals surface area contributed by atoms with Gasteiger partial charge >= 0.3 is 0 Å². The first-order chi connectivity index (χ1) is 16.8. The minimum Gasteiger partial charge on any atom is -0.391 e. The van der Waals surface area contributed by atoms with Gasteiger partial charge in [-0.1, -0.05) is 50.2 Å². The maximum absolute atomic E-state index is 13.5. The van der Waals surface area contributed by atoms with Gasteiger partial charge in [0, 0.05) is 25.6 Å². The van der Waals surface area contributed by atoms with E-state index in [0.29, 0.717) is 18.7 Å². The maximum Gasteiger partial charge on any atom is 0.243 e. The van der Waals surface area contributed by atoms with Crippen LogP contribution in [-0.2, 0) is 22.6 Å². The van der Waals surface area contributed by atoms with Crippen LogP contribution in [0.2, 0.25) is 0 Å². The van der Waals surface area contributed by atoms with Crippen molar-refractivity contribution >= 4 is 23.2 Å². The molecule has 1 fully saturated rings. The van der Waals surface area contributed by atoms with E-state index in [1.807, 2.05) is 63.5 Å². The van der Waals surface area contributed by atoms with Gasteiger partial charge in [0.25, 0.3) is 0 Å². The van der Waals surface area contributed by atoms with Crippen molar-refractivity contribution < 1.29 is 19.2 Å². The Morgan fingerprint density at radius 1 is 1.29 bits per heavy atom.